The van der Waals surface area contributed by atoms with Crippen LogP contribution in [0.2, 0.25) is 0 Å². The molecule has 1 unspecified atom stereocenters. The fourth-order valence-electron chi connectivity index (χ4n) is 1.79. The largest absolute Gasteiger partial charge is 0.374 e. The number of hydrogen-bond donors (Lipinski definition) is 2. The second kappa shape index (κ2) is 6.18. The number of likely N-dealkylation sites (N-methyl/N-ethyl adjacent to an activating group) is 1. The van der Waals surface area contributed by atoms with E-state index in [1.807, 2.05) is 31.2 Å². The first-order valence-electron chi connectivity index (χ1n) is 6.44. The van der Waals surface area contributed by atoms with Crippen LogP contribution in [0, 0.1) is 6.92 Å². The van der Waals surface area contributed by atoms with E-state index in [0.29, 0.717) is 18.1 Å². The van der Waals surface area contributed by atoms with Crippen molar-refractivity contribution in [3.63, 3.8) is 0 Å². The quantitative estimate of drug-likeness (QED) is 0.869. The van der Waals surface area contributed by atoms with Crippen LogP contribution in [0.3, 0.4) is 0 Å². The number of hydrogen-bond acceptors (Lipinski definition) is 5. The molecule has 1 amide bonds. The van der Waals surface area contributed by atoms with Gasteiger partial charge in [-0.3, -0.25) is 4.79 Å². The van der Waals surface area contributed by atoms with Crippen LogP contribution in [0.4, 0.5) is 5.69 Å². The van der Waals surface area contributed by atoms with Gasteiger partial charge in [-0.2, -0.15) is 4.98 Å². The van der Waals surface area contributed by atoms with Gasteiger partial charge in [0.2, 0.25) is 11.8 Å². The molecule has 106 valence electrons. The Morgan fingerprint density at radius 2 is 2.05 bits per heavy atom. The maximum absolute atomic E-state index is 11.3. The maximum atomic E-state index is 11.3. The Hall–Kier alpha value is -2.37. The highest BCUT2D eigenvalue weighted by atomic mass is 16.5. The molecule has 0 aliphatic rings. The molecule has 1 heterocycles. The monoisotopic (exact) mass is 274 g/mol. The molecule has 1 aromatic carbocycles. The fourth-order valence-corrected chi connectivity index (χ4v) is 1.79. The van der Waals surface area contributed by atoms with Gasteiger partial charge in [-0.1, -0.05) is 17.3 Å². The first-order chi connectivity index (χ1) is 9.58. The SMILES string of the molecule is CNC(=O)Cc1ccc(NC(C)c2nc(C)no2)cc1. The Kier molecular flexibility index (Phi) is 4.34. The number of carbonyl (C=O) groups excluding carboxylic acids is 1. The lowest BCUT2D eigenvalue weighted by molar-refractivity contribution is -0.119. The van der Waals surface area contributed by atoms with Crippen LogP contribution < -0.4 is 10.6 Å². The third-order valence-corrected chi connectivity index (χ3v) is 2.89. The Labute approximate surface area is 117 Å². The number of anilines is 1. The minimum atomic E-state index is -0.0685. The number of nitrogens with zero attached hydrogens (tertiary/aromatic N) is 2. The Morgan fingerprint density at radius 1 is 1.35 bits per heavy atom. The van der Waals surface area contributed by atoms with Crippen LogP contribution in [-0.4, -0.2) is 23.1 Å². The Bertz CT molecular complexity index is 577. The third-order valence-electron chi connectivity index (χ3n) is 2.89. The fraction of sp³-hybridized carbons (Fsp3) is 0.357. The van der Waals surface area contributed by atoms with E-state index in [9.17, 15) is 4.79 Å². The lowest BCUT2D eigenvalue weighted by Gasteiger charge is -2.11. The van der Waals surface area contributed by atoms with E-state index in [1.165, 1.54) is 0 Å². The van der Waals surface area contributed by atoms with Gasteiger partial charge in [0, 0.05) is 12.7 Å². The van der Waals surface area contributed by atoms with Crippen LogP contribution >= 0.6 is 0 Å². The van der Waals surface area contributed by atoms with Gasteiger partial charge >= 0.3 is 0 Å². The number of aryl methyl sites for hydroxylation is 1. The summed E-state index contributed by atoms with van der Waals surface area (Å²) in [7, 11) is 1.63. The summed E-state index contributed by atoms with van der Waals surface area (Å²) in [5, 5.41) is 9.64. The van der Waals surface area contributed by atoms with E-state index in [2.05, 4.69) is 20.8 Å². The summed E-state index contributed by atoms with van der Waals surface area (Å²) >= 11 is 0. The number of rotatable bonds is 5. The highest BCUT2D eigenvalue weighted by Gasteiger charge is 2.12. The van der Waals surface area contributed by atoms with Gasteiger partial charge in [0.1, 0.15) is 6.04 Å². The molecule has 2 aromatic rings. The molecule has 0 aliphatic heterocycles. The van der Waals surface area contributed by atoms with Gasteiger partial charge in [-0.15, -0.1) is 0 Å². The van der Waals surface area contributed by atoms with E-state index in [0.717, 1.165) is 11.3 Å². The molecular formula is C14H18N4O2. The molecule has 2 N–H and O–H groups in total. The average molecular weight is 274 g/mol. The first kappa shape index (κ1) is 14.0. The number of benzene rings is 1. The molecule has 20 heavy (non-hydrogen) atoms. The van der Waals surface area contributed by atoms with Crippen molar-refractivity contribution in [3.05, 3.63) is 41.5 Å². The van der Waals surface area contributed by atoms with Crippen molar-refractivity contribution in [3.8, 4) is 0 Å². The van der Waals surface area contributed by atoms with Gasteiger partial charge in [0.15, 0.2) is 5.82 Å². The number of amides is 1. The molecule has 6 nitrogen and oxygen atoms in total. The predicted molar refractivity (Wildman–Crippen MR) is 75.3 cm³/mol. The predicted octanol–water partition coefficient (Wildman–Crippen LogP) is 1.84. The second-order valence-electron chi connectivity index (χ2n) is 4.59. The highest BCUT2D eigenvalue weighted by molar-refractivity contribution is 5.78. The molecule has 0 bridgehead atoms. The molecule has 1 atom stereocenters. The van der Waals surface area contributed by atoms with Crippen LogP contribution in [0.25, 0.3) is 0 Å². The van der Waals surface area contributed by atoms with Crippen LogP contribution in [0.1, 0.15) is 30.2 Å². The number of nitrogens with one attached hydrogen (secondary N) is 2. The van der Waals surface area contributed by atoms with Crippen molar-refractivity contribution in [1.82, 2.24) is 15.5 Å². The Balaban J connectivity index is 1.98. The summed E-state index contributed by atoms with van der Waals surface area (Å²) in [6, 6.07) is 7.63. The molecule has 0 aliphatic carbocycles. The highest BCUT2D eigenvalue weighted by Crippen LogP contribution is 2.18. The van der Waals surface area contributed by atoms with Gasteiger partial charge in [-0.05, 0) is 31.5 Å². The summed E-state index contributed by atoms with van der Waals surface area (Å²) in [5.41, 5.74) is 1.91. The van der Waals surface area contributed by atoms with E-state index < -0.39 is 0 Å². The normalized spacial score (nSPS) is 11.9. The topological polar surface area (TPSA) is 80.0 Å². The molecule has 0 saturated carbocycles. The first-order valence-corrected chi connectivity index (χ1v) is 6.44. The average Bonchev–Trinajstić information content (AvgIpc) is 2.87. The standard InChI is InChI=1S/C14H18N4O2/c1-9(14-17-10(2)18-20-14)16-12-6-4-11(5-7-12)8-13(19)15-3/h4-7,9,16H,8H2,1-3H3,(H,15,19). The zero-order valence-electron chi connectivity index (χ0n) is 11.8. The van der Waals surface area contributed by atoms with Crippen molar-refractivity contribution >= 4 is 11.6 Å². The van der Waals surface area contributed by atoms with E-state index in [1.54, 1.807) is 14.0 Å². The minimum absolute atomic E-state index is 0.000382. The molecule has 2 rings (SSSR count). The lowest BCUT2D eigenvalue weighted by Crippen LogP contribution is -2.19. The molecular weight excluding hydrogens is 256 g/mol. The van der Waals surface area contributed by atoms with Gasteiger partial charge in [0.05, 0.1) is 6.42 Å². The van der Waals surface area contributed by atoms with Gasteiger partial charge in [-0.25, -0.2) is 0 Å². The summed E-state index contributed by atoms with van der Waals surface area (Å²) < 4.78 is 5.11. The molecule has 0 radical (unpaired) electrons. The molecule has 6 heteroatoms. The molecule has 1 aromatic heterocycles. The van der Waals surface area contributed by atoms with E-state index in [4.69, 9.17) is 4.52 Å². The zero-order valence-corrected chi connectivity index (χ0v) is 11.8. The zero-order chi connectivity index (χ0) is 14.5. The van der Waals surface area contributed by atoms with E-state index >= 15 is 0 Å². The second-order valence-corrected chi connectivity index (χ2v) is 4.59. The number of carbonyl (C=O) groups is 1. The van der Waals surface area contributed by atoms with Gasteiger partial charge < -0.3 is 15.2 Å². The van der Waals surface area contributed by atoms with E-state index in [-0.39, 0.29) is 11.9 Å². The summed E-state index contributed by atoms with van der Waals surface area (Å²) in [6.45, 7) is 3.73. The minimum Gasteiger partial charge on any atom is -0.374 e. The number of aromatic nitrogens is 2. The summed E-state index contributed by atoms with van der Waals surface area (Å²) in [5.74, 6) is 1.17. The lowest BCUT2D eigenvalue weighted by atomic mass is 10.1. The smallest absolute Gasteiger partial charge is 0.248 e. The molecule has 0 spiro atoms. The Morgan fingerprint density at radius 3 is 2.60 bits per heavy atom. The van der Waals surface area contributed by atoms with Crippen molar-refractivity contribution in [1.29, 1.82) is 0 Å². The van der Waals surface area contributed by atoms with Crippen molar-refractivity contribution in [2.45, 2.75) is 26.3 Å². The van der Waals surface area contributed by atoms with Crippen LogP contribution in [-0.2, 0) is 11.2 Å². The summed E-state index contributed by atoms with van der Waals surface area (Å²) in [4.78, 5) is 15.5. The van der Waals surface area contributed by atoms with Crippen molar-refractivity contribution in [2.24, 2.45) is 0 Å². The summed E-state index contributed by atoms with van der Waals surface area (Å²) in [6.07, 6.45) is 0.384. The van der Waals surface area contributed by atoms with Gasteiger partial charge in [0.25, 0.3) is 0 Å². The van der Waals surface area contributed by atoms with Crippen LogP contribution in [0.5, 0.6) is 0 Å². The van der Waals surface area contributed by atoms with Crippen molar-refractivity contribution in [2.75, 3.05) is 12.4 Å². The van der Waals surface area contributed by atoms with Crippen molar-refractivity contribution < 1.29 is 9.32 Å². The molecule has 0 fully saturated rings. The van der Waals surface area contributed by atoms with Crippen LogP contribution in [0.15, 0.2) is 28.8 Å². The third kappa shape index (κ3) is 3.57. The molecule has 0 saturated heterocycles. The maximum Gasteiger partial charge on any atom is 0.248 e.